The van der Waals surface area contributed by atoms with Crippen LogP contribution in [0.2, 0.25) is 0 Å². The number of likely N-dealkylation sites (N-methyl/N-ethyl adjacent to an activating group) is 1. The van der Waals surface area contributed by atoms with Crippen LogP contribution in [0, 0.1) is 0 Å². The highest BCUT2D eigenvalue weighted by molar-refractivity contribution is 7.89. The van der Waals surface area contributed by atoms with E-state index in [0.717, 1.165) is 12.8 Å². The molecule has 1 saturated carbocycles. The minimum absolute atomic E-state index is 0.151. The monoisotopic (exact) mass is 311 g/mol. The first-order chi connectivity index (χ1) is 9.88. The Labute approximate surface area is 125 Å². The fourth-order valence-electron chi connectivity index (χ4n) is 1.77. The molecule has 7 heteroatoms. The average Bonchev–Trinajstić information content (AvgIpc) is 3.22. The molecule has 0 aliphatic heterocycles. The normalized spacial score (nSPS) is 15.2. The van der Waals surface area contributed by atoms with Crippen LogP contribution in [0.3, 0.4) is 0 Å². The molecule has 1 aliphatic rings. The van der Waals surface area contributed by atoms with Gasteiger partial charge in [-0.05, 0) is 51.2 Å². The predicted molar refractivity (Wildman–Crippen MR) is 80.7 cm³/mol. The zero-order chi connectivity index (χ0) is 15.5. The van der Waals surface area contributed by atoms with Gasteiger partial charge >= 0.3 is 0 Å². The third-order valence-electron chi connectivity index (χ3n) is 3.19. The Morgan fingerprint density at radius 2 is 1.86 bits per heavy atom. The number of sulfonamides is 1. The summed E-state index contributed by atoms with van der Waals surface area (Å²) in [4.78, 5) is 13.9. The topological polar surface area (TPSA) is 78.5 Å². The maximum absolute atomic E-state index is 12.1. The maximum Gasteiger partial charge on any atom is 0.251 e. The maximum atomic E-state index is 12.1. The number of nitrogens with zero attached hydrogens (tertiary/aromatic N) is 1. The molecule has 0 atom stereocenters. The van der Waals surface area contributed by atoms with Crippen LogP contribution in [0.1, 0.15) is 23.2 Å². The Hall–Kier alpha value is -1.44. The summed E-state index contributed by atoms with van der Waals surface area (Å²) in [5.74, 6) is -0.151. The summed E-state index contributed by atoms with van der Waals surface area (Å²) in [6.07, 6.45) is 2.04. The average molecular weight is 311 g/mol. The van der Waals surface area contributed by atoms with Crippen molar-refractivity contribution in [1.82, 2.24) is 14.9 Å². The zero-order valence-electron chi connectivity index (χ0n) is 12.3. The molecule has 0 radical (unpaired) electrons. The molecule has 2 rings (SSSR count). The summed E-state index contributed by atoms with van der Waals surface area (Å²) >= 11 is 0. The van der Waals surface area contributed by atoms with Crippen LogP contribution >= 0.6 is 0 Å². The third kappa shape index (κ3) is 4.80. The van der Waals surface area contributed by atoms with Crippen LogP contribution in [0.4, 0.5) is 0 Å². The van der Waals surface area contributed by atoms with Gasteiger partial charge in [-0.15, -0.1) is 0 Å². The fraction of sp³-hybridized carbons (Fsp3) is 0.500. The van der Waals surface area contributed by atoms with Gasteiger partial charge in [0.25, 0.3) is 5.91 Å². The second-order valence-corrected chi connectivity index (χ2v) is 7.24. The van der Waals surface area contributed by atoms with Crippen LogP contribution in [-0.2, 0) is 10.0 Å². The summed E-state index contributed by atoms with van der Waals surface area (Å²) in [6.45, 7) is 0.973. The van der Waals surface area contributed by atoms with Crippen LogP contribution in [0.25, 0.3) is 0 Å². The molecule has 1 amide bonds. The zero-order valence-corrected chi connectivity index (χ0v) is 13.1. The van der Waals surface area contributed by atoms with Crippen molar-refractivity contribution in [1.29, 1.82) is 0 Å². The number of nitrogens with one attached hydrogen (secondary N) is 2. The number of benzene rings is 1. The molecule has 1 aliphatic carbocycles. The molecule has 6 nitrogen and oxygen atoms in total. The van der Waals surface area contributed by atoms with E-state index in [1.54, 1.807) is 0 Å². The van der Waals surface area contributed by atoms with Gasteiger partial charge in [0.15, 0.2) is 0 Å². The quantitative estimate of drug-likeness (QED) is 0.765. The molecule has 0 saturated heterocycles. The largest absolute Gasteiger partial charge is 0.349 e. The summed E-state index contributed by atoms with van der Waals surface area (Å²) in [5, 5.41) is 2.87. The Morgan fingerprint density at radius 3 is 2.38 bits per heavy atom. The minimum Gasteiger partial charge on any atom is -0.349 e. The fourth-order valence-corrected chi connectivity index (χ4v) is 2.79. The Kier molecular flexibility index (Phi) is 4.97. The van der Waals surface area contributed by atoms with Gasteiger partial charge in [-0.1, -0.05) is 0 Å². The lowest BCUT2D eigenvalue weighted by molar-refractivity contribution is 0.0951. The van der Waals surface area contributed by atoms with Gasteiger partial charge < -0.3 is 10.2 Å². The Balaban J connectivity index is 1.98. The van der Waals surface area contributed by atoms with Crippen molar-refractivity contribution in [3.8, 4) is 0 Å². The highest BCUT2D eigenvalue weighted by Gasteiger charge is 2.24. The Bertz CT molecular complexity index is 592. The first-order valence-electron chi connectivity index (χ1n) is 6.94. The van der Waals surface area contributed by atoms with Gasteiger partial charge in [0.1, 0.15) is 0 Å². The van der Waals surface area contributed by atoms with Crippen LogP contribution < -0.4 is 10.0 Å². The molecule has 21 heavy (non-hydrogen) atoms. The lowest BCUT2D eigenvalue weighted by Gasteiger charge is -2.11. The van der Waals surface area contributed by atoms with E-state index in [1.807, 2.05) is 19.0 Å². The van der Waals surface area contributed by atoms with E-state index in [2.05, 4.69) is 10.0 Å². The van der Waals surface area contributed by atoms with Crippen molar-refractivity contribution in [3.05, 3.63) is 29.8 Å². The summed E-state index contributed by atoms with van der Waals surface area (Å²) in [6, 6.07) is 6.28. The SMILES string of the molecule is CN(C)CCNS(=O)(=O)c1ccc(C(=O)NC2CC2)cc1. The highest BCUT2D eigenvalue weighted by Crippen LogP contribution is 2.19. The van der Waals surface area contributed by atoms with E-state index < -0.39 is 10.0 Å². The highest BCUT2D eigenvalue weighted by atomic mass is 32.2. The van der Waals surface area contributed by atoms with Gasteiger partial charge in [0.05, 0.1) is 4.90 Å². The second kappa shape index (κ2) is 6.55. The molecule has 0 unspecified atom stereocenters. The molecule has 0 heterocycles. The molecular formula is C14H21N3O3S. The van der Waals surface area contributed by atoms with Crippen molar-refractivity contribution in [2.75, 3.05) is 27.2 Å². The van der Waals surface area contributed by atoms with Gasteiger partial charge in [-0.3, -0.25) is 4.79 Å². The number of amides is 1. The van der Waals surface area contributed by atoms with Crippen molar-refractivity contribution in [2.24, 2.45) is 0 Å². The van der Waals surface area contributed by atoms with Gasteiger partial charge in [0, 0.05) is 24.7 Å². The second-order valence-electron chi connectivity index (χ2n) is 5.47. The lowest BCUT2D eigenvalue weighted by atomic mass is 10.2. The van der Waals surface area contributed by atoms with Crippen LogP contribution in [0.15, 0.2) is 29.2 Å². The van der Waals surface area contributed by atoms with E-state index in [0.29, 0.717) is 18.7 Å². The molecule has 1 aromatic carbocycles. The van der Waals surface area contributed by atoms with Crippen molar-refractivity contribution in [3.63, 3.8) is 0 Å². The molecule has 0 aromatic heterocycles. The molecule has 1 aromatic rings. The van der Waals surface area contributed by atoms with E-state index in [-0.39, 0.29) is 16.8 Å². The predicted octanol–water partition coefficient (Wildman–Crippen LogP) is 0.419. The van der Waals surface area contributed by atoms with Gasteiger partial charge in [-0.25, -0.2) is 13.1 Å². The molecule has 0 spiro atoms. The first kappa shape index (κ1) is 15.9. The summed E-state index contributed by atoms with van der Waals surface area (Å²) in [5.41, 5.74) is 0.481. The standard InChI is InChI=1S/C14H21N3O3S/c1-17(2)10-9-15-21(19,20)13-7-3-11(4-8-13)14(18)16-12-5-6-12/h3-4,7-8,12,15H,5-6,9-10H2,1-2H3,(H,16,18). The van der Waals surface area contributed by atoms with E-state index in [9.17, 15) is 13.2 Å². The number of rotatable bonds is 7. The van der Waals surface area contributed by atoms with Gasteiger partial charge in [-0.2, -0.15) is 0 Å². The van der Waals surface area contributed by atoms with Crippen LogP contribution in [0.5, 0.6) is 0 Å². The minimum atomic E-state index is -3.52. The first-order valence-corrected chi connectivity index (χ1v) is 8.42. The number of carbonyl (C=O) groups is 1. The summed E-state index contributed by atoms with van der Waals surface area (Å²) in [7, 11) is 0.236. The molecule has 1 fully saturated rings. The number of hydrogen-bond donors (Lipinski definition) is 2. The molecular weight excluding hydrogens is 290 g/mol. The van der Waals surface area contributed by atoms with Crippen molar-refractivity contribution >= 4 is 15.9 Å². The van der Waals surface area contributed by atoms with Crippen molar-refractivity contribution in [2.45, 2.75) is 23.8 Å². The number of carbonyl (C=O) groups excluding carboxylic acids is 1. The summed E-state index contributed by atoms with van der Waals surface area (Å²) < 4.78 is 26.6. The molecule has 0 bridgehead atoms. The van der Waals surface area contributed by atoms with Gasteiger partial charge in [0.2, 0.25) is 10.0 Å². The van der Waals surface area contributed by atoms with Crippen LogP contribution in [-0.4, -0.2) is 52.5 Å². The Morgan fingerprint density at radius 1 is 1.24 bits per heavy atom. The smallest absolute Gasteiger partial charge is 0.251 e. The molecule has 2 N–H and O–H groups in total. The number of hydrogen-bond acceptors (Lipinski definition) is 4. The molecule has 116 valence electrons. The van der Waals surface area contributed by atoms with E-state index in [4.69, 9.17) is 0 Å². The van der Waals surface area contributed by atoms with Crippen molar-refractivity contribution < 1.29 is 13.2 Å². The van der Waals surface area contributed by atoms with E-state index in [1.165, 1.54) is 24.3 Å². The van der Waals surface area contributed by atoms with E-state index >= 15 is 0 Å². The lowest BCUT2D eigenvalue weighted by Crippen LogP contribution is -2.31. The third-order valence-corrected chi connectivity index (χ3v) is 4.67.